The van der Waals surface area contributed by atoms with E-state index in [1.165, 1.54) is 44.9 Å². The topological polar surface area (TPSA) is 204 Å². The highest BCUT2D eigenvalue weighted by atomic mass is 31.2. The molecule has 9 nitrogen and oxygen atoms in total. The lowest BCUT2D eigenvalue weighted by Crippen LogP contribution is -2.24. The summed E-state index contributed by atoms with van der Waals surface area (Å²) in [5.74, 6) is 0. The van der Waals surface area contributed by atoms with Crippen LogP contribution in [-0.4, -0.2) is 5.48 Å². The van der Waals surface area contributed by atoms with Crippen LogP contribution in [0, 0.1) is 0 Å². The fourth-order valence-electron chi connectivity index (χ4n) is 1.03. The highest BCUT2D eigenvalue weighted by Crippen LogP contribution is 2.05. The molecule has 11 heteroatoms. The normalized spacial score (nSPS) is 9.90. The second-order valence-corrected chi connectivity index (χ2v) is 5.45. The lowest BCUT2D eigenvalue weighted by atomic mass is 10.1. The van der Waals surface area contributed by atoms with Gasteiger partial charge in [0.15, 0.2) is 0 Å². The van der Waals surface area contributed by atoms with Gasteiger partial charge in [0, 0.05) is 0 Å². The lowest BCUT2D eigenvalue weighted by molar-refractivity contribution is -0.434. The Bertz CT molecular complexity index is 219. The minimum Gasteiger partial charge on any atom is -0.822 e. The summed E-state index contributed by atoms with van der Waals surface area (Å²) in [6, 6.07) is 0. The van der Waals surface area contributed by atoms with Gasteiger partial charge in [-0.1, -0.05) is 66.2 Å². The van der Waals surface area contributed by atoms with Crippen LogP contribution >= 0.6 is 15.6 Å². The third kappa shape index (κ3) is 175. The fourth-order valence-corrected chi connectivity index (χ4v) is 1.03. The van der Waals surface area contributed by atoms with Crippen LogP contribution in [0.2, 0.25) is 0 Å². The first-order chi connectivity index (χ1) is 8.41. The Morgan fingerprint density at radius 2 is 0.762 bits per heavy atom. The molecule has 0 rings (SSSR count). The predicted octanol–water partition coefficient (Wildman–Crippen LogP) is -2.08. The SMILES string of the molecule is C.CCCCCCCCC.O.O=P([O-])([O-])[O-].O=P([O-])([O-])[O-]. The van der Waals surface area contributed by atoms with E-state index in [0.29, 0.717) is 0 Å². The smallest absolute Gasteiger partial charge is 0.0533 e. The highest BCUT2D eigenvalue weighted by Gasteiger charge is 1.85. The fraction of sp³-hybridized carbons (Fsp3) is 1.00. The molecule has 0 aromatic rings. The first-order valence-electron chi connectivity index (χ1n) is 5.87. The molecule has 0 unspecified atom stereocenters. The minimum absolute atomic E-state index is 0. The molecule has 0 bridgehead atoms. The summed E-state index contributed by atoms with van der Waals surface area (Å²) in [6.45, 7) is 4.53. The molecule has 0 aliphatic carbocycles. The summed E-state index contributed by atoms with van der Waals surface area (Å²) in [7, 11) is -10.8. The Morgan fingerprint density at radius 1 is 0.619 bits per heavy atom. The molecule has 0 saturated heterocycles. The third-order valence-corrected chi connectivity index (χ3v) is 1.71. The van der Waals surface area contributed by atoms with Crippen molar-refractivity contribution in [1.29, 1.82) is 0 Å². The Hall–Kier alpha value is 0.180. The molecule has 0 saturated carbocycles. The molecular weight excluding hydrogens is 326 g/mol. The lowest BCUT2D eigenvalue weighted by Gasteiger charge is -2.36. The van der Waals surface area contributed by atoms with E-state index in [9.17, 15) is 0 Å². The molecule has 0 amide bonds. The van der Waals surface area contributed by atoms with Gasteiger partial charge < -0.3 is 44.0 Å². The average Bonchev–Trinajstić information content (AvgIpc) is 2.12. The Morgan fingerprint density at radius 3 is 0.905 bits per heavy atom. The maximum atomic E-state index is 8.55. The zero-order valence-electron chi connectivity index (χ0n) is 11.6. The third-order valence-electron chi connectivity index (χ3n) is 1.71. The molecule has 0 fully saturated rings. The van der Waals surface area contributed by atoms with E-state index in [4.69, 9.17) is 38.5 Å². The predicted molar refractivity (Wildman–Crippen MR) is 69.2 cm³/mol. The Labute approximate surface area is 126 Å². The molecular formula is C10H26O9P2-6. The van der Waals surface area contributed by atoms with Crippen molar-refractivity contribution in [2.24, 2.45) is 0 Å². The van der Waals surface area contributed by atoms with Crippen LogP contribution in [0.1, 0.15) is 66.2 Å². The summed E-state index contributed by atoms with van der Waals surface area (Å²) in [5.41, 5.74) is 0. The number of hydrogen-bond donors (Lipinski definition) is 0. The average molecular weight is 352 g/mol. The molecule has 0 aliphatic heterocycles. The van der Waals surface area contributed by atoms with Gasteiger partial charge in [-0.05, 0) is 0 Å². The molecule has 0 heterocycles. The Balaban J connectivity index is -0.0000000622. The van der Waals surface area contributed by atoms with Crippen molar-refractivity contribution in [1.82, 2.24) is 0 Å². The van der Waals surface area contributed by atoms with Crippen LogP contribution < -0.4 is 29.4 Å². The molecule has 2 N–H and O–H groups in total. The van der Waals surface area contributed by atoms with E-state index in [1.54, 1.807) is 0 Å². The summed E-state index contributed by atoms with van der Waals surface area (Å²) in [6.07, 6.45) is 9.97. The maximum Gasteiger partial charge on any atom is -0.0533 e. The van der Waals surface area contributed by atoms with Crippen LogP contribution in [0.3, 0.4) is 0 Å². The van der Waals surface area contributed by atoms with Gasteiger partial charge in [-0.3, -0.25) is 0 Å². The van der Waals surface area contributed by atoms with E-state index < -0.39 is 15.6 Å². The van der Waals surface area contributed by atoms with Gasteiger partial charge >= 0.3 is 0 Å². The number of unbranched alkanes of at least 4 members (excludes halogenated alkanes) is 6. The molecule has 21 heavy (non-hydrogen) atoms. The van der Waals surface area contributed by atoms with Gasteiger partial charge in [-0.15, -0.1) is 0 Å². The first kappa shape index (κ1) is 32.9. The van der Waals surface area contributed by atoms with Crippen LogP contribution in [-0.2, 0) is 9.13 Å². The van der Waals surface area contributed by atoms with E-state index in [0.717, 1.165) is 0 Å². The molecule has 0 spiro atoms. The van der Waals surface area contributed by atoms with E-state index >= 15 is 0 Å². The van der Waals surface area contributed by atoms with E-state index in [1.807, 2.05) is 0 Å². The molecule has 0 aromatic heterocycles. The zero-order valence-corrected chi connectivity index (χ0v) is 13.4. The molecule has 0 aromatic carbocycles. The van der Waals surface area contributed by atoms with Crippen LogP contribution in [0.15, 0.2) is 0 Å². The molecule has 0 radical (unpaired) electrons. The first-order valence-corrected chi connectivity index (χ1v) is 8.80. The largest absolute Gasteiger partial charge is 0.822 e. The molecule has 0 aliphatic rings. The van der Waals surface area contributed by atoms with Crippen molar-refractivity contribution >= 4 is 15.6 Å². The number of rotatable bonds is 6. The minimum atomic E-state index is -5.39. The molecule has 0 atom stereocenters. The van der Waals surface area contributed by atoms with Crippen molar-refractivity contribution in [2.75, 3.05) is 0 Å². The van der Waals surface area contributed by atoms with E-state index in [2.05, 4.69) is 13.8 Å². The maximum absolute atomic E-state index is 8.55. The monoisotopic (exact) mass is 352 g/mol. The van der Waals surface area contributed by atoms with Gasteiger partial charge in [0.25, 0.3) is 0 Å². The van der Waals surface area contributed by atoms with Crippen LogP contribution in [0.5, 0.6) is 0 Å². The van der Waals surface area contributed by atoms with Crippen molar-refractivity contribution in [2.45, 2.75) is 66.2 Å². The van der Waals surface area contributed by atoms with Crippen LogP contribution in [0.4, 0.5) is 0 Å². The summed E-state index contributed by atoms with van der Waals surface area (Å²) in [5, 5.41) is 0. The highest BCUT2D eigenvalue weighted by molar-refractivity contribution is 7.40. The number of hydrogen-bond acceptors (Lipinski definition) is 8. The van der Waals surface area contributed by atoms with Gasteiger partial charge in [-0.2, -0.15) is 15.6 Å². The Kier molecular flexibility index (Phi) is 31.7. The van der Waals surface area contributed by atoms with Crippen molar-refractivity contribution < 1.29 is 44.0 Å². The van der Waals surface area contributed by atoms with Crippen molar-refractivity contribution in [3.63, 3.8) is 0 Å². The van der Waals surface area contributed by atoms with Gasteiger partial charge in [0.2, 0.25) is 0 Å². The van der Waals surface area contributed by atoms with Crippen LogP contribution in [0.25, 0.3) is 0 Å². The van der Waals surface area contributed by atoms with Gasteiger partial charge in [0.1, 0.15) is 0 Å². The van der Waals surface area contributed by atoms with Crippen molar-refractivity contribution in [3.8, 4) is 0 Å². The van der Waals surface area contributed by atoms with Gasteiger partial charge in [-0.25, -0.2) is 0 Å². The standard InChI is InChI=1S/C9H20.CH4.2H3O4P.H2O/c1-3-5-7-9-8-6-4-2;;2*1-5(2,3)4;/h3-9H2,1-2H3;1H4;2*(H3,1,2,3,4);1H2/p-6. The zero-order chi connectivity index (χ0) is 15.9. The second-order valence-electron chi connectivity index (χ2n) is 3.66. The summed E-state index contributed by atoms with van der Waals surface area (Å²) >= 11 is 0. The quantitative estimate of drug-likeness (QED) is 0.382. The summed E-state index contributed by atoms with van der Waals surface area (Å²) in [4.78, 5) is 51.3. The van der Waals surface area contributed by atoms with Gasteiger partial charge in [0.05, 0.1) is 0 Å². The van der Waals surface area contributed by atoms with Crippen molar-refractivity contribution in [3.05, 3.63) is 0 Å². The molecule has 136 valence electrons. The number of phosphoric acid groups is 2. The second kappa shape index (κ2) is 20.2. The van der Waals surface area contributed by atoms with E-state index in [-0.39, 0.29) is 12.9 Å². The summed E-state index contributed by atoms with van der Waals surface area (Å²) < 4.78 is 17.1.